The first-order valence-electron chi connectivity index (χ1n) is 10.6. The average molecular weight is 417 g/mol. The lowest BCUT2D eigenvalue weighted by Crippen LogP contribution is -2.29. The van der Waals surface area contributed by atoms with Gasteiger partial charge in [0.2, 0.25) is 0 Å². The average Bonchev–Trinajstić information content (AvgIpc) is 3.21. The summed E-state index contributed by atoms with van der Waals surface area (Å²) in [6.45, 7) is 1.60. The molecule has 0 radical (unpaired) electrons. The van der Waals surface area contributed by atoms with Crippen molar-refractivity contribution in [3.63, 3.8) is 0 Å². The molecule has 0 amide bonds. The van der Waals surface area contributed by atoms with Crippen molar-refractivity contribution in [1.29, 1.82) is 0 Å². The summed E-state index contributed by atoms with van der Waals surface area (Å²) in [7, 11) is 1.67. The van der Waals surface area contributed by atoms with E-state index < -0.39 is 0 Å². The summed E-state index contributed by atoms with van der Waals surface area (Å²) in [6, 6.07) is 28.3. The molecule has 160 valence electrons. The molecule has 0 saturated carbocycles. The van der Waals surface area contributed by atoms with Crippen LogP contribution in [0.5, 0.6) is 5.75 Å². The first-order chi connectivity index (χ1) is 15.3. The molecule has 0 aliphatic carbocycles. The molecule has 3 aromatic rings. The minimum atomic E-state index is -0.142. The Kier molecular flexibility index (Phi) is 7.37. The molecule has 31 heavy (non-hydrogen) atoms. The maximum atomic E-state index is 6.24. The van der Waals surface area contributed by atoms with Crippen LogP contribution in [0.2, 0.25) is 0 Å². The zero-order chi connectivity index (χ0) is 21.3. The molecule has 1 aliphatic rings. The van der Waals surface area contributed by atoms with E-state index in [-0.39, 0.29) is 12.2 Å². The van der Waals surface area contributed by atoms with Gasteiger partial charge in [-0.2, -0.15) is 0 Å². The third kappa shape index (κ3) is 6.20. The zero-order valence-corrected chi connectivity index (χ0v) is 17.8. The number of methoxy groups -OCH3 is 1. The summed E-state index contributed by atoms with van der Waals surface area (Å²) in [5.41, 5.74) is 3.37. The number of rotatable bonds is 9. The van der Waals surface area contributed by atoms with Crippen LogP contribution in [0.1, 0.15) is 23.1 Å². The van der Waals surface area contributed by atoms with Gasteiger partial charge in [-0.15, -0.1) is 0 Å². The molecule has 1 aliphatic heterocycles. The first-order valence-corrected chi connectivity index (χ1v) is 10.6. The van der Waals surface area contributed by atoms with Gasteiger partial charge >= 0.3 is 0 Å². The van der Waals surface area contributed by atoms with E-state index in [4.69, 9.17) is 18.9 Å². The van der Waals surface area contributed by atoms with E-state index in [1.54, 1.807) is 7.11 Å². The molecule has 0 spiro atoms. The standard InChI is InChI=1S/C27H28O4/c1-28-24-14-12-21(13-15-24)16-25-17-26(30-19-23-10-6-3-7-11-23)27(31-25)20-29-18-22-8-4-2-5-9-22/h2-16,26-27H,17-20H2,1H3/b25-16+/t26-,27+/m0/s1. The summed E-state index contributed by atoms with van der Waals surface area (Å²) in [5.74, 6) is 1.75. The van der Waals surface area contributed by atoms with E-state index >= 15 is 0 Å². The van der Waals surface area contributed by atoms with Gasteiger partial charge in [-0.1, -0.05) is 72.8 Å². The molecule has 4 heteroatoms. The maximum absolute atomic E-state index is 6.24. The molecule has 4 nitrogen and oxygen atoms in total. The van der Waals surface area contributed by atoms with Gasteiger partial charge < -0.3 is 18.9 Å². The van der Waals surface area contributed by atoms with Crippen LogP contribution in [-0.2, 0) is 27.4 Å². The van der Waals surface area contributed by atoms with Crippen molar-refractivity contribution in [3.05, 3.63) is 107 Å². The maximum Gasteiger partial charge on any atom is 0.148 e. The van der Waals surface area contributed by atoms with Crippen LogP contribution < -0.4 is 4.74 Å². The van der Waals surface area contributed by atoms with Gasteiger partial charge in [-0.3, -0.25) is 0 Å². The van der Waals surface area contributed by atoms with Gasteiger partial charge in [0.25, 0.3) is 0 Å². The molecule has 0 unspecified atom stereocenters. The number of hydrogen-bond acceptors (Lipinski definition) is 4. The zero-order valence-electron chi connectivity index (χ0n) is 17.8. The van der Waals surface area contributed by atoms with Crippen molar-refractivity contribution in [2.24, 2.45) is 0 Å². The highest BCUT2D eigenvalue weighted by atomic mass is 16.6. The molecule has 2 atom stereocenters. The predicted octanol–water partition coefficient (Wildman–Crippen LogP) is 5.63. The van der Waals surface area contributed by atoms with E-state index in [0.29, 0.717) is 19.8 Å². The van der Waals surface area contributed by atoms with E-state index in [1.807, 2.05) is 60.7 Å². The van der Waals surface area contributed by atoms with E-state index in [9.17, 15) is 0 Å². The molecule has 0 aromatic heterocycles. The SMILES string of the molecule is COc1ccc(/C=C2\C[C@H](OCc3ccccc3)[C@@H](COCc3ccccc3)O2)cc1. The second-order valence-corrected chi connectivity index (χ2v) is 7.58. The van der Waals surface area contributed by atoms with Crippen LogP contribution in [0.15, 0.2) is 90.7 Å². The molecule has 0 N–H and O–H groups in total. The molecular formula is C27H28O4. The quantitative estimate of drug-likeness (QED) is 0.453. The number of ether oxygens (including phenoxy) is 4. The monoisotopic (exact) mass is 416 g/mol. The summed E-state index contributed by atoms with van der Waals surface area (Å²) in [5, 5.41) is 0. The molecule has 4 rings (SSSR count). The van der Waals surface area contributed by atoms with Crippen LogP contribution in [0.4, 0.5) is 0 Å². The summed E-state index contributed by atoms with van der Waals surface area (Å²) < 4.78 is 23.7. The lowest BCUT2D eigenvalue weighted by atomic mass is 10.1. The summed E-state index contributed by atoms with van der Waals surface area (Å²) >= 11 is 0. The van der Waals surface area contributed by atoms with Gasteiger partial charge in [0, 0.05) is 6.42 Å². The molecule has 0 bridgehead atoms. The molecule has 1 heterocycles. The fraction of sp³-hybridized carbons (Fsp3) is 0.259. The summed E-state index contributed by atoms with van der Waals surface area (Å²) in [6.07, 6.45) is 2.59. The molecule has 1 fully saturated rings. The Labute approximate surface area is 184 Å². The van der Waals surface area contributed by atoms with E-state index in [0.717, 1.165) is 34.6 Å². The second kappa shape index (κ2) is 10.8. The normalized spacial score (nSPS) is 19.3. The van der Waals surface area contributed by atoms with Crippen molar-refractivity contribution >= 4 is 6.08 Å². The van der Waals surface area contributed by atoms with E-state index in [2.05, 4.69) is 30.3 Å². The smallest absolute Gasteiger partial charge is 0.148 e. The number of hydrogen-bond donors (Lipinski definition) is 0. The van der Waals surface area contributed by atoms with E-state index in [1.165, 1.54) is 0 Å². The van der Waals surface area contributed by atoms with Crippen molar-refractivity contribution in [2.75, 3.05) is 13.7 Å². The van der Waals surface area contributed by atoms with Crippen molar-refractivity contribution in [1.82, 2.24) is 0 Å². The van der Waals surface area contributed by atoms with Crippen LogP contribution in [-0.4, -0.2) is 25.9 Å². The first kappa shape index (κ1) is 21.2. The van der Waals surface area contributed by atoms with Crippen LogP contribution in [0.25, 0.3) is 6.08 Å². The predicted molar refractivity (Wildman–Crippen MR) is 122 cm³/mol. The Balaban J connectivity index is 1.40. The Morgan fingerprint density at radius 2 is 1.48 bits per heavy atom. The second-order valence-electron chi connectivity index (χ2n) is 7.58. The summed E-state index contributed by atoms with van der Waals surface area (Å²) in [4.78, 5) is 0. The van der Waals surface area contributed by atoms with Crippen molar-refractivity contribution in [3.8, 4) is 5.75 Å². The van der Waals surface area contributed by atoms with Gasteiger partial charge in [0.05, 0.1) is 32.7 Å². The molecule has 1 saturated heterocycles. The van der Waals surface area contributed by atoms with Crippen LogP contribution in [0, 0.1) is 0 Å². The van der Waals surface area contributed by atoms with Gasteiger partial charge in [-0.05, 0) is 34.9 Å². The lowest BCUT2D eigenvalue weighted by molar-refractivity contribution is -0.0528. The lowest BCUT2D eigenvalue weighted by Gasteiger charge is -2.19. The minimum absolute atomic E-state index is 0.0551. The van der Waals surface area contributed by atoms with Gasteiger partial charge in [0.15, 0.2) is 0 Å². The Morgan fingerprint density at radius 3 is 2.13 bits per heavy atom. The Hall–Kier alpha value is -3.08. The highest BCUT2D eigenvalue weighted by molar-refractivity contribution is 5.53. The molecule has 3 aromatic carbocycles. The van der Waals surface area contributed by atoms with Crippen molar-refractivity contribution in [2.45, 2.75) is 31.8 Å². The van der Waals surface area contributed by atoms with Gasteiger partial charge in [-0.25, -0.2) is 0 Å². The molecular weight excluding hydrogens is 388 g/mol. The fourth-order valence-corrected chi connectivity index (χ4v) is 3.58. The minimum Gasteiger partial charge on any atom is -0.497 e. The highest BCUT2D eigenvalue weighted by Gasteiger charge is 2.33. The number of benzene rings is 3. The van der Waals surface area contributed by atoms with Crippen molar-refractivity contribution < 1.29 is 18.9 Å². The Morgan fingerprint density at radius 1 is 0.839 bits per heavy atom. The third-order valence-corrected chi connectivity index (χ3v) is 5.26. The van der Waals surface area contributed by atoms with Gasteiger partial charge in [0.1, 0.15) is 18.0 Å². The van der Waals surface area contributed by atoms with Crippen LogP contribution in [0.3, 0.4) is 0 Å². The fourth-order valence-electron chi connectivity index (χ4n) is 3.58. The highest BCUT2D eigenvalue weighted by Crippen LogP contribution is 2.29. The van der Waals surface area contributed by atoms with Crippen LogP contribution >= 0.6 is 0 Å². The topological polar surface area (TPSA) is 36.9 Å². The third-order valence-electron chi connectivity index (χ3n) is 5.26. The Bertz CT molecular complexity index is 952. The largest absolute Gasteiger partial charge is 0.497 e.